The van der Waals surface area contributed by atoms with Gasteiger partial charge < -0.3 is 5.11 Å². The van der Waals surface area contributed by atoms with E-state index < -0.39 is 16.4 Å². The number of nitrogens with one attached hydrogen (secondary N) is 1. The second-order valence-corrected chi connectivity index (χ2v) is 5.01. The summed E-state index contributed by atoms with van der Waals surface area (Å²) in [6.45, 7) is 0. The van der Waals surface area contributed by atoms with Crippen molar-refractivity contribution in [1.29, 1.82) is 0 Å². The Morgan fingerprint density at radius 1 is 1.35 bits per heavy atom. The number of phenols is 1. The Balaban J connectivity index is 2.06. The molecule has 0 saturated carbocycles. The zero-order chi connectivity index (χ0) is 16.8. The van der Waals surface area contributed by atoms with Crippen molar-refractivity contribution in [2.24, 2.45) is 5.10 Å². The van der Waals surface area contributed by atoms with E-state index in [9.17, 15) is 20.0 Å². The van der Waals surface area contributed by atoms with Gasteiger partial charge in [-0.15, -0.1) is 0 Å². The molecule has 0 bridgehead atoms. The van der Waals surface area contributed by atoms with Gasteiger partial charge in [-0.1, -0.05) is 41.9 Å². The highest BCUT2D eigenvalue weighted by Crippen LogP contribution is 2.32. The highest BCUT2D eigenvalue weighted by molar-refractivity contribution is 6.31. The van der Waals surface area contributed by atoms with Crippen molar-refractivity contribution >= 4 is 29.4 Å². The highest BCUT2D eigenvalue weighted by atomic mass is 35.5. The summed E-state index contributed by atoms with van der Waals surface area (Å²) in [5.41, 5.74) is 2.60. The number of nitro groups is 1. The van der Waals surface area contributed by atoms with Gasteiger partial charge in [-0.3, -0.25) is 14.9 Å². The van der Waals surface area contributed by atoms with E-state index in [0.717, 1.165) is 17.8 Å². The zero-order valence-corrected chi connectivity index (χ0v) is 12.5. The number of aromatic hydroxyl groups is 1. The molecule has 2 aromatic rings. The van der Waals surface area contributed by atoms with Gasteiger partial charge >= 0.3 is 5.69 Å². The average Bonchev–Trinajstić information content (AvgIpc) is 2.51. The molecule has 0 saturated heterocycles. The van der Waals surface area contributed by atoms with E-state index in [2.05, 4.69) is 10.5 Å². The molecule has 0 unspecified atom stereocenters. The van der Waals surface area contributed by atoms with Crippen LogP contribution in [-0.4, -0.2) is 22.2 Å². The van der Waals surface area contributed by atoms with E-state index in [1.165, 1.54) is 6.07 Å². The van der Waals surface area contributed by atoms with Crippen LogP contribution in [0.4, 0.5) is 5.69 Å². The van der Waals surface area contributed by atoms with Crippen molar-refractivity contribution in [3.63, 3.8) is 0 Å². The van der Waals surface area contributed by atoms with Crippen LogP contribution in [0, 0.1) is 10.1 Å². The molecule has 0 aliphatic rings. The summed E-state index contributed by atoms with van der Waals surface area (Å²) >= 11 is 5.75. The molecule has 2 N–H and O–H groups in total. The van der Waals surface area contributed by atoms with Gasteiger partial charge in [0.25, 0.3) is 0 Å². The number of hydrogen-bond acceptors (Lipinski definition) is 5. The minimum atomic E-state index is -0.757. The number of carbonyl (C=O) groups is 1. The van der Waals surface area contributed by atoms with Gasteiger partial charge in [0.1, 0.15) is 0 Å². The molecule has 23 heavy (non-hydrogen) atoms. The standard InChI is InChI=1S/C15H12ClN3O4/c16-12-7-11(15(21)13(8-12)19(22)23)9-17-18-14(20)6-10-4-2-1-3-5-10/h1-5,7-9,21H,6H2,(H,18,20). The Hall–Kier alpha value is -2.93. The smallest absolute Gasteiger partial charge is 0.312 e. The topological polar surface area (TPSA) is 105 Å². The van der Waals surface area contributed by atoms with Gasteiger partial charge in [0.15, 0.2) is 0 Å². The van der Waals surface area contributed by atoms with Crippen LogP contribution >= 0.6 is 11.6 Å². The SMILES string of the molecule is O=C(Cc1ccccc1)NN=Cc1cc(Cl)cc([N+](=O)[O-])c1O. The first kappa shape index (κ1) is 16.4. The number of nitro benzene ring substituents is 1. The molecule has 7 nitrogen and oxygen atoms in total. The lowest BCUT2D eigenvalue weighted by Crippen LogP contribution is -2.19. The molecule has 0 aliphatic heterocycles. The van der Waals surface area contributed by atoms with Crippen LogP contribution in [0.3, 0.4) is 0 Å². The van der Waals surface area contributed by atoms with Crippen molar-refractivity contribution in [3.05, 3.63) is 68.7 Å². The maximum Gasteiger partial charge on any atom is 0.312 e. The van der Waals surface area contributed by atoms with Crippen molar-refractivity contribution < 1.29 is 14.8 Å². The molecule has 8 heteroatoms. The zero-order valence-electron chi connectivity index (χ0n) is 11.8. The summed E-state index contributed by atoms with van der Waals surface area (Å²) in [7, 11) is 0. The predicted octanol–water partition coefficient (Wildman–Crippen LogP) is 2.65. The maximum atomic E-state index is 11.7. The lowest BCUT2D eigenvalue weighted by Gasteiger charge is -2.02. The van der Waals surface area contributed by atoms with E-state index in [-0.39, 0.29) is 22.9 Å². The third kappa shape index (κ3) is 4.52. The molecular weight excluding hydrogens is 322 g/mol. The summed E-state index contributed by atoms with van der Waals surface area (Å²) in [5.74, 6) is -0.927. The highest BCUT2D eigenvalue weighted by Gasteiger charge is 2.17. The van der Waals surface area contributed by atoms with Crippen LogP contribution in [0.15, 0.2) is 47.6 Å². The Bertz CT molecular complexity index is 763. The molecule has 0 radical (unpaired) electrons. The largest absolute Gasteiger partial charge is 0.502 e. The Morgan fingerprint density at radius 3 is 2.70 bits per heavy atom. The summed E-state index contributed by atoms with van der Waals surface area (Å²) in [4.78, 5) is 21.7. The molecule has 0 heterocycles. The molecule has 1 amide bonds. The van der Waals surface area contributed by atoms with Crippen LogP contribution in [0.1, 0.15) is 11.1 Å². The number of phenolic OH excluding ortho intramolecular Hbond substituents is 1. The molecule has 0 aliphatic carbocycles. The van der Waals surface area contributed by atoms with Crippen molar-refractivity contribution in [1.82, 2.24) is 5.43 Å². The number of carbonyl (C=O) groups excluding carboxylic acids is 1. The van der Waals surface area contributed by atoms with E-state index >= 15 is 0 Å². The Labute approximate surface area is 136 Å². The fraction of sp³-hybridized carbons (Fsp3) is 0.0667. The van der Waals surface area contributed by atoms with Gasteiger partial charge in [0.05, 0.1) is 17.6 Å². The van der Waals surface area contributed by atoms with E-state index in [1.54, 1.807) is 12.1 Å². The number of hydrogen-bond donors (Lipinski definition) is 2. The average molecular weight is 334 g/mol. The van der Waals surface area contributed by atoms with Crippen LogP contribution in [0.5, 0.6) is 5.75 Å². The summed E-state index contributed by atoms with van der Waals surface area (Å²) < 4.78 is 0. The molecule has 0 fully saturated rings. The second-order valence-electron chi connectivity index (χ2n) is 4.58. The number of nitrogens with zero attached hydrogens (tertiary/aromatic N) is 2. The normalized spacial score (nSPS) is 10.7. The number of halogens is 1. The lowest BCUT2D eigenvalue weighted by molar-refractivity contribution is -0.385. The van der Waals surface area contributed by atoms with Gasteiger partial charge in [-0.05, 0) is 11.6 Å². The van der Waals surface area contributed by atoms with Crippen molar-refractivity contribution in [2.45, 2.75) is 6.42 Å². The third-order valence-electron chi connectivity index (χ3n) is 2.88. The first-order chi connectivity index (χ1) is 11.0. The van der Waals surface area contributed by atoms with Crippen LogP contribution < -0.4 is 5.43 Å². The Kier molecular flexibility index (Phi) is 5.27. The number of rotatable bonds is 5. The van der Waals surface area contributed by atoms with Crippen LogP contribution in [0.2, 0.25) is 5.02 Å². The fourth-order valence-corrected chi connectivity index (χ4v) is 2.06. The predicted molar refractivity (Wildman–Crippen MR) is 85.7 cm³/mol. The minimum absolute atomic E-state index is 0.0317. The number of benzene rings is 2. The van der Waals surface area contributed by atoms with E-state index in [1.807, 2.05) is 18.2 Å². The van der Waals surface area contributed by atoms with Crippen molar-refractivity contribution in [3.8, 4) is 5.75 Å². The Morgan fingerprint density at radius 2 is 2.04 bits per heavy atom. The van der Waals surface area contributed by atoms with Gasteiger partial charge in [-0.25, -0.2) is 5.43 Å². The molecule has 2 rings (SSSR count). The first-order valence-corrected chi connectivity index (χ1v) is 6.88. The fourth-order valence-electron chi connectivity index (χ4n) is 1.84. The molecule has 118 valence electrons. The molecule has 0 spiro atoms. The third-order valence-corrected chi connectivity index (χ3v) is 3.10. The molecular formula is C15H12ClN3O4. The minimum Gasteiger partial charge on any atom is -0.502 e. The lowest BCUT2D eigenvalue weighted by atomic mass is 10.1. The van der Waals surface area contributed by atoms with Gasteiger partial charge in [0.2, 0.25) is 11.7 Å². The van der Waals surface area contributed by atoms with Crippen molar-refractivity contribution in [2.75, 3.05) is 0 Å². The summed E-state index contributed by atoms with van der Waals surface area (Å²) in [6, 6.07) is 11.4. The number of amides is 1. The molecule has 0 atom stereocenters. The van der Waals surface area contributed by atoms with E-state index in [0.29, 0.717) is 0 Å². The van der Waals surface area contributed by atoms with Crippen LogP contribution in [0.25, 0.3) is 0 Å². The quantitative estimate of drug-likeness (QED) is 0.498. The molecule has 0 aromatic heterocycles. The van der Waals surface area contributed by atoms with Gasteiger partial charge in [0, 0.05) is 16.7 Å². The summed E-state index contributed by atoms with van der Waals surface area (Å²) in [5, 5.41) is 24.3. The maximum absolute atomic E-state index is 11.7. The monoisotopic (exact) mass is 333 g/mol. The van der Waals surface area contributed by atoms with E-state index in [4.69, 9.17) is 11.6 Å². The van der Waals surface area contributed by atoms with Gasteiger partial charge in [-0.2, -0.15) is 5.10 Å². The second kappa shape index (κ2) is 7.37. The molecule has 2 aromatic carbocycles. The first-order valence-electron chi connectivity index (χ1n) is 6.50. The number of hydrazone groups is 1. The van der Waals surface area contributed by atoms with Crippen LogP contribution in [-0.2, 0) is 11.2 Å². The summed E-state index contributed by atoms with van der Waals surface area (Å²) in [6.07, 6.45) is 1.23.